The van der Waals surface area contributed by atoms with Gasteiger partial charge in [-0.15, -0.1) is 0 Å². The summed E-state index contributed by atoms with van der Waals surface area (Å²) < 4.78 is 6.54. The normalized spacial score (nSPS) is 35.0. The van der Waals surface area contributed by atoms with Gasteiger partial charge in [0.2, 0.25) is 17.7 Å². The Bertz CT molecular complexity index is 826. The number of nitrogens with zero attached hydrogens (tertiary/aromatic N) is 3. The second-order valence-corrected chi connectivity index (χ2v) is 9.48. The summed E-state index contributed by atoms with van der Waals surface area (Å²) >= 11 is 0. The number of carbonyl (C=O) groups is 3. The molecule has 2 fully saturated rings. The van der Waals surface area contributed by atoms with Crippen molar-refractivity contribution in [2.45, 2.75) is 63.3 Å². The van der Waals surface area contributed by atoms with Gasteiger partial charge in [0.1, 0.15) is 11.6 Å². The summed E-state index contributed by atoms with van der Waals surface area (Å²) in [5.41, 5.74) is -1.15. The standard InChI is InChI=1S/C24H35N3O5/c1-4-9-16(2)26-14-8-11-24-19(18-17(32-24)10-7-12-25(3)21(18)29)22(30)27(13-5-6-15-28)20(24)23(26)31/h7-8,10-11,16-20,28H,4-6,9,12-15H2,1-3H3/t16?,17-,18+,19+,20?,24+/m1/s1. The zero-order valence-electron chi connectivity index (χ0n) is 19.3. The van der Waals surface area contributed by atoms with Crippen LogP contribution in [0.15, 0.2) is 24.3 Å². The predicted octanol–water partition coefficient (Wildman–Crippen LogP) is 0.955. The molecule has 2 unspecified atom stereocenters. The number of aliphatic hydroxyl groups is 1. The lowest BCUT2D eigenvalue weighted by Gasteiger charge is -2.37. The highest BCUT2D eigenvalue weighted by molar-refractivity contribution is 5.99. The van der Waals surface area contributed by atoms with Crippen molar-refractivity contribution in [2.24, 2.45) is 11.8 Å². The topological polar surface area (TPSA) is 90.4 Å². The predicted molar refractivity (Wildman–Crippen MR) is 118 cm³/mol. The molecule has 3 amide bonds. The Hall–Kier alpha value is -2.19. The average Bonchev–Trinajstić information content (AvgIpc) is 3.08. The summed E-state index contributed by atoms with van der Waals surface area (Å²) in [6, 6.07) is -0.754. The van der Waals surface area contributed by atoms with Crippen LogP contribution in [0.5, 0.6) is 0 Å². The summed E-state index contributed by atoms with van der Waals surface area (Å²) in [4.78, 5) is 46.1. The van der Waals surface area contributed by atoms with Gasteiger partial charge in [0.05, 0.1) is 17.9 Å². The Morgan fingerprint density at radius 3 is 2.66 bits per heavy atom. The van der Waals surface area contributed by atoms with Crippen molar-refractivity contribution in [3.05, 3.63) is 24.3 Å². The summed E-state index contributed by atoms with van der Waals surface area (Å²) in [5.74, 6) is -1.80. The molecule has 8 heteroatoms. The van der Waals surface area contributed by atoms with Gasteiger partial charge in [-0.05, 0) is 26.2 Å². The number of carbonyl (C=O) groups excluding carboxylic acids is 3. The van der Waals surface area contributed by atoms with Gasteiger partial charge in [-0.3, -0.25) is 14.4 Å². The molecule has 176 valence electrons. The number of hydrogen-bond donors (Lipinski definition) is 1. The maximum absolute atomic E-state index is 13.9. The fourth-order valence-electron chi connectivity index (χ4n) is 5.88. The van der Waals surface area contributed by atoms with E-state index in [1.165, 1.54) is 0 Å². The van der Waals surface area contributed by atoms with Crippen LogP contribution in [0.2, 0.25) is 0 Å². The molecule has 0 saturated carbocycles. The number of likely N-dealkylation sites (tertiary alicyclic amines) is 1. The minimum Gasteiger partial charge on any atom is -0.396 e. The van der Waals surface area contributed by atoms with E-state index in [4.69, 9.17) is 4.74 Å². The number of likely N-dealkylation sites (N-methyl/N-ethyl adjacent to an activating group) is 1. The van der Waals surface area contributed by atoms with Crippen LogP contribution in [0.4, 0.5) is 0 Å². The van der Waals surface area contributed by atoms with E-state index < -0.39 is 29.6 Å². The first-order chi connectivity index (χ1) is 15.4. The Morgan fingerprint density at radius 2 is 1.94 bits per heavy atom. The highest BCUT2D eigenvalue weighted by Crippen LogP contribution is 2.53. The second-order valence-electron chi connectivity index (χ2n) is 9.48. The van der Waals surface area contributed by atoms with Crippen LogP contribution in [0.1, 0.15) is 39.5 Å². The lowest BCUT2D eigenvalue weighted by atomic mass is 9.77. The number of aliphatic hydroxyl groups excluding tert-OH is 1. The minimum absolute atomic E-state index is 0.0318. The van der Waals surface area contributed by atoms with Crippen molar-refractivity contribution >= 4 is 17.7 Å². The van der Waals surface area contributed by atoms with Crippen molar-refractivity contribution in [3.8, 4) is 0 Å². The number of fused-ring (bicyclic) bond motifs is 2. The van der Waals surface area contributed by atoms with Gasteiger partial charge in [-0.1, -0.05) is 37.6 Å². The van der Waals surface area contributed by atoms with E-state index in [0.29, 0.717) is 32.5 Å². The lowest BCUT2D eigenvalue weighted by Crippen LogP contribution is -2.56. The third-order valence-electron chi connectivity index (χ3n) is 7.44. The molecule has 4 aliphatic heterocycles. The van der Waals surface area contributed by atoms with Crippen LogP contribution in [-0.2, 0) is 19.1 Å². The van der Waals surface area contributed by atoms with E-state index in [2.05, 4.69) is 6.92 Å². The van der Waals surface area contributed by atoms with Crippen LogP contribution in [-0.4, -0.2) is 94.6 Å². The minimum atomic E-state index is -1.15. The molecule has 0 aliphatic carbocycles. The zero-order chi connectivity index (χ0) is 23.0. The summed E-state index contributed by atoms with van der Waals surface area (Å²) in [7, 11) is 1.73. The quantitative estimate of drug-likeness (QED) is 0.466. The zero-order valence-corrected chi connectivity index (χ0v) is 19.3. The molecule has 4 rings (SSSR count). The molecule has 8 nitrogen and oxygen atoms in total. The molecule has 0 aromatic rings. The molecular formula is C24H35N3O5. The first kappa shape index (κ1) is 23.0. The first-order valence-electron chi connectivity index (χ1n) is 11.9. The fourth-order valence-corrected chi connectivity index (χ4v) is 5.88. The summed E-state index contributed by atoms with van der Waals surface area (Å²) in [6.07, 6.45) is 10.0. The van der Waals surface area contributed by atoms with E-state index in [9.17, 15) is 19.5 Å². The number of ether oxygens (including phenoxy) is 1. The largest absolute Gasteiger partial charge is 0.396 e. The van der Waals surface area contributed by atoms with Crippen molar-refractivity contribution in [3.63, 3.8) is 0 Å². The SMILES string of the molecule is CCCC(C)N1CC=C[C@]23O[C@@H]4C=CCN(C)C(=O)[C@@H]4[C@H]2C(=O)N(CCCCO)C3C1=O. The van der Waals surface area contributed by atoms with Crippen molar-refractivity contribution in [2.75, 3.05) is 33.3 Å². The molecule has 32 heavy (non-hydrogen) atoms. The van der Waals surface area contributed by atoms with Gasteiger partial charge in [-0.25, -0.2) is 0 Å². The molecule has 1 spiro atoms. The molecule has 0 aromatic carbocycles. The maximum Gasteiger partial charge on any atom is 0.249 e. The maximum atomic E-state index is 13.9. The van der Waals surface area contributed by atoms with E-state index >= 15 is 0 Å². The lowest BCUT2D eigenvalue weighted by molar-refractivity contribution is -0.149. The van der Waals surface area contributed by atoms with Gasteiger partial charge in [0.25, 0.3) is 0 Å². The van der Waals surface area contributed by atoms with Gasteiger partial charge >= 0.3 is 0 Å². The highest BCUT2D eigenvalue weighted by Gasteiger charge is 2.71. The van der Waals surface area contributed by atoms with Crippen LogP contribution >= 0.6 is 0 Å². The third kappa shape index (κ3) is 3.48. The molecule has 6 atom stereocenters. The molecule has 0 aromatic heterocycles. The van der Waals surface area contributed by atoms with E-state index in [1.54, 1.807) is 16.8 Å². The van der Waals surface area contributed by atoms with Crippen LogP contribution in [0.25, 0.3) is 0 Å². The molecule has 1 N–H and O–H groups in total. The Balaban J connectivity index is 1.77. The van der Waals surface area contributed by atoms with Gasteiger partial charge < -0.3 is 24.5 Å². The van der Waals surface area contributed by atoms with E-state index in [1.807, 2.05) is 36.1 Å². The van der Waals surface area contributed by atoms with Crippen molar-refractivity contribution in [1.82, 2.24) is 14.7 Å². The van der Waals surface area contributed by atoms with Gasteiger partial charge in [0, 0.05) is 39.3 Å². The molecule has 2 saturated heterocycles. The summed E-state index contributed by atoms with van der Waals surface area (Å²) in [5, 5.41) is 9.25. The Labute approximate surface area is 189 Å². The smallest absolute Gasteiger partial charge is 0.249 e. The van der Waals surface area contributed by atoms with Gasteiger partial charge in [0.15, 0.2) is 0 Å². The highest BCUT2D eigenvalue weighted by atomic mass is 16.5. The number of hydrogen-bond acceptors (Lipinski definition) is 5. The van der Waals surface area contributed by atoms with Crippen molar-refractivity contribution in [1.29, 1.82) is 0 Å². The average molecular weight is 446 g/mol. The second kappa shape index (κ2) is 8.98. The Kier molecular flexibility index (Phi) is 6.45. The molecule has 4 heterocycles. The molecule has 4 aliphatic rings. The first-order valence-corrected chi connectivity index (χ1v) is 11.9. The number of unbranched alkanes of at least 4 members (excludes halogenated alkanes) is 1. The number of rotatable bonds is 7. The van der Waals surface area contributed by atoms with Crippen molar-refractivity contribution < 1.29 is 24.2 Å². The Morgan fingerprint density at radius 1 is 1.16 bits per heavy atom. The van der Waals surface area contributed by atoms with E-state index in [0.717, 1.165) is 12.8 Å². The molecule has 0 radical (unpaired) electrons. The van der Waals surface area contributed by atoms with Crippen LogP contribution in [0, 0.1) is 11.8 Å². The third-order valence-corrected chi connectivity index (χ3v) is 7.44. The van der Waals surface area contributed by atoms with Crippen LogP contribution < -0.4 is 0 Å². The number of amides is 3. The molecular weight excluding hydrogens is 410 g/mol. The monoisotopic (exact) mass is 445 g/mol. The van der Waals surface area contributed by atoms with Crippen LogP contribution in [0.3, 0.4) is 0 Å². The summed E-state index contributed by atoms with van der Waals surface area (Å²) in [6.45, 7) is 5.46. The van der Waals surface area contributed by atoms with Gasteiger partial charge in [-0.2, -0.15) is 0 Å². The van der Waals surface area contributed by atoms with E-state index in [-0.39, 0.29) is 30.4 Å². The molecule has 0 bridgehead atoms. The fraction of sp³-hybridized carbons (Fsp3) is 0.708.